The second-order valence-electron chi connectivity index (χ2n) is 6.43. The van der Waals surface area contributed by atoms with E-state index < -0.39 is 0 Å². The molecule has 1 aromatic heterocycles. The molecule has 0 aliphatic carbocycles. The Kier molecular flexibility index (Phi) is 4.08. The Hall–Kier alpha value is -0.940. The van der Waals surface area contributed by atoms with Crippen LogP contribution < -0.4 is 5.32 Å². The highest BCUT2D eigenvalue weighted by atomic mass is 15.4. The molecular formula is C15H27N5. The van der Waals surface area contributed by atoms with Crippen LogP contribution in [0.4, 0.5) is 0 Å². The van der Waals surface area contributed by atoms with Crippen molar-refractivity contribution in [2.75, 3.05) is 14.1 Å². The third-order valence-corrected chi connectivity index (χ3v) is 5.32. The summed E-state index contributed by atoms with van der Waals surface area (Å²) in [7, 11) is 4.38. The van der Waals surface area contributed by atoms with Gasteiger partial charge in [-0.1, -0.05) is 12.1 Å². The third-order valence-electron chi connectivity index (χ3n) is 5.32. The molecular weight excluding hydrogens is 250 g/mol. The number of aromatic nitrogens is 3. The third kappa shape index (κ3) is 2.37. The number of piperidine rings is 1. The highest BCUT2D eigenvalue weighted by Gasteiger charge is 2.41. The van der Waals surface area contributed by atoms with E-state index in [9.17, 15) is 0 Å². The Morgan fingerprint density at radius 3 is 2.65 bits per heavy atom. The van der Waals surface area contributed by atoms with Crippen LogP contribution in [0.1, 0.15) is 50.8 Å². The molecule has 2 fully saturated rings. The number of aryl methyl sites for hydroxylation is 1. The number of hydrogen-bond acceptors (Lipinski definition) is 4. The first kappa shape index (κ1) is 14.0. The molecule has 0 radical (unpaired) electrons. The predicted octanol–water partition coefficient (Wildman–Crippen LogP) is 1.82. The summed E-state index contributed by atoms with van der Waals surface area (Å²) in [5.41, 5.74) is 1.27. The van der Waals surface area contributed by atoms with Gasteiger partial charge in [-0.05, 0) is 52.1 Å². The Balaban J connectivity index is 1.78. The van der Waals surface area contributed by atoms with Crippen LogP contribution in [0.2, 0.25) is 0 Å². The van der Waals surface area contributed by atoms with Crippen LogP contribution in [0.15, 0.2) is 6.20 Å². The molecule has 2 aliphatic rings. The van der Waals surface area contributed by atoms with Crippen molar-refractivity contribution in [1.29, 1.82) is 0 Å². The zero-order chi connectivity index (χ0) is 14.1. The zero-order valence-electron chi connectivity index (χ0n) is 12.9. The van der Waals surface area contributed by atoms with E-state index in [1.165, 1.54) is 31.4 Å². The fourth-order valence-electron chi connectivity index (χ4n) is 4.24. The minimum absolute atomic E-state index is 0.397. The summed E-state index contributed by atoms with van der Waals surface area (Å²) >= 11 is 0. The van der Waals surface area contributed by atoms with Crippen LogP contribution in [0, 0.1) is 5.92 Å². The molecule has 0 saturated carbocycles. The fourth-order valence-corrected chi connectivity index (χ4v) is 4.24. The van der Waals surface area contributed by atoms with Crippen molar-refractivity contribution in [1.82, 2.24) is 25.2 Å². The number of nitrogens with zero attached hydrogens (tertiary/aromatic N) is 4. The van der Waals surface area contributed by atoms with E-state index in [4.69, 9.17) is 0 Å². The molecule has 112 valence electrons. The number of fused-ring (bicyclic) bond motifs is 2. The van der Waals surface area contributed by atoms with Gasteiger partial charge in [-0.15, -0.1) is 5.10 Å². The summed E-state index contributed by atoms with van der Waals surface area (Å²) in [6.07, 6.45) is 8.41. The normalized spacial score (nSPS) is 31.6. The molecule has 3 unspecified atom stereocenters. The summed E-state index contributed by atoms with van der Waals surface area (Å²) in [6, 6.07) is 1.96. The Morgan fingerprint density at radius 1 is 1.35 bits per heavy atom. The van der Waals surface area contributed by atoms with Crippen LogP contribution in [0.5, 0.6) is 0 Å². The maximum Gasteiger partial charge on any atom is 0.0759 e. The van der Waals surface area contributed by atoms with E-state index >= 15 is 0 Å². The van der Waals surface area contributed by atoms with Gasteiger partial charge in [0, 0.05) is 18.6 Å². The lowest BCUT2D eigenvalue weighted by atomic mass is 9.84. The molecule has 3 heterocycles. The molecule has 0 aromatic carbocycles. The lowest BCUT2D eigenvalue weighted by molar-refractivity contribution is 0.112. The fraction of sp³-hybridized carbons (Fsp3) is 0.867. The van der Waals surface area contributed by atoms with Crippen molar-refractivity contribution >= 4 is 0 Å². The van der Waals surface area contributed by atoms with Crippen LogP contribution in [-0.2, 0) is 6.54 Å². The average Bonchev–Trinajstić information content (AvgIpc) is 2.94. The first-order chi connectivity index (χ1) is 9.74. The lowest BCUT2D eigenvalue weighted by Gasteiger charge is -2.39. The zero-order valence-corrected chi connectivity index (χ0v) is 12.9. The summed E-state index contributed by atoms with van der Waals surface area (Å²) in [4.78, 5) is 2.60. The van der Waals surface area contributed by atoms with E-state index in [1.807, 2.05) is 6.20 Å². The quantitative estimate of drug-likeness (QED) is 0.892. The maximum absolute atomic E-state index is 4.25. The molecule has 1 N–H and O–H groups in total. The standard InChI is InChI=1S/C15H27N5/c1-4-7-20-14(10-17-18-20)15(16-2)11-8-12-5-6-13(9-11)19(12)3/h10-13,15-16H,4-9H2,1-3H3. The molecule has 3 atom stereocenters. The van der Waals surface area contributed by atoms with Gasteiger partial charge in [0.2, 0.25) is 0 Å². The van der Waals surface area contributed by atoms with E-state index in [2.05, 4.69) is 46.2 Å². The molecule has 5 nitrogen and oxygen atoms in total. The summed E-state index contributed by atoms with van der Waals surface area (Å²) < 4.78 is 2.08. The molecule has 2 bridgehead atoms. The van der Waals surface area contributed by atoms with Crippen molar-refractivity contribution in [3.63, 3.8) is 0 Å². The molecule has 0 amide bonds. The molecule has 2 aliphatic heterocycles. The van der Waals surface area contributed by atoms with E-state index in [1.54, 1.807) is 0 Å². The van der Waals surface area contributed by atoms with Crippen molar-refractivity contribution in [3.8, 4) is 0 Å². The summed E-state index contributed by atoms with van der Waals surface area (Å²) in [5, 5.41) is 11.9. The average molecular weight is 277 g/mol. The van der Waals surface area contributed by atoms with Gasteiger partial charge in [-0.2, -0.15) is 0 Å². The van der Waals surface area contributed by atoms with Gasteiger partial charge in [-0.25, -0.2) is 4.68 Å². The predicted molar refractivity (Wildman–Crippen MR) is 79.4 cm³/mol. The topological polar surface area (TPSA) is 46.0 Å². The van der Waals surface area contributed by atoms with Crippen molar-refractivity contribution in [2.45, 2.75) is 63.7 Å². The van der Waals surface area contributed by atoms with Gasteiger partial charge in [0.25, 0.3) is 0 Å². The minimum Gasteiger partial charge on any atom is -0.311 e. The van der Waals surface area contributed by atoms with Gasteiger partial charge in [0.05, 0.1) is 17.9 Å². The Bertz CT molecular complexity index is 429. The monoisotopic (exact) mass is 277 g/mol. The van der Waals surface area contributed by atoms with E-state index in [-0.39, 0.29) is 0 Å². The van der Waals surface area contributed by atoms with Gasteiger partial charge < -0.3 is 10.2 Å². The van der Waals surface area contributed by atoms with Gasteiger partial charge in [-0.3, -0.25) is 0 Å². The highest BCUT2D eigenvalue weighted by Crippen LogP contribution is 2.42. The molecule has 20 heavy (non-hydrogen) atoms. The molecule has 1 aromatic rings. The van der Waals surface area contributed by atoms with Gasteiger partial charge in [0.15, 0.2) is 0 Å². The van der Waals surface area contributed by atoms with Gasteiger partial charge in [0.1, 0.15) is 0 Å². The van der Waals surface area contributed by atoms with Crippen molar-refractivity contribution < 1.29 is 0 Å². The second-order valence-corrected chi connectivity index (χ2v) is 6.43. The van der Waals surface area contributed by atoms with E-state index in [0.717, 1.165) is 25.0 Å². The Labute approximate surface area is 121 Å². The number of rotatable bonds is 5. The molecule has 2 saturated heterocycles. The van der Waals surface area contributed by atoms with Crippen molar-refractivity contribution in [2.24, 2.45) is 5.92 Å². The molecule has 5 heteroatoms. The van der Waals surface area contributed by atoms with Gasteiger partial charge >= 0.3 is 0 Å². The first-order valence-electron chi connectivity index (χ1n) is 8.02. The van der Waals surface area contributed by atoms with Crippen LogP contribution in [-0.4, -0.2) is 46.1 Å². The minimum atomic E-state index is 0.397. The molecule has 3 rings (SSSR count). The largest absolute Gasteiger partial charge is 0.311 e. The number of hydrogen-bond donors (Lipinski definition) is 1. The highest BCUT2D eigenvalue weighted by molar-refractivity contribution is 5.08. The molecule has 0 spiro atoms. The summed E-state index contributed by atoms with van der Waals surface area (Å²) in [6.45, 7) is 3.16. The lowest BCUT2D eigenvalue weighted by Crippen LogP contribution is -2.43. The van der Waals surface area contributed by atoms with Crippen molar-refractivity contribution in [3.05, 3.63) is 11.9 Å². The SMILES string of the molecule is CCCn1nncc1C(NC)C1CC2CCC(C1)N2C. The first-order valence-corrected chi connectivity index (χ1v) is 8.02. The summed E-state index contributed by atoms with van der Waals surface area (Å²) in [5.74, 6) is 0.711. The van der Waals surface area contributed by atoms with Crippen LogP contribution >= 0.6 is 0 Å². The smallest absolute Gasteiger partial charge is 0.0759 e. The van der Waals surface area contributed by atoms with Crippen LogP contribution in [0.3, 0.4) is 0 Å². The maximum atomic E-state index is 4.25. The Morgan fingerprint density at radius 2 is 2.05 bits per heavy atom. The number of nitrogens with one attached hydrogen (secondary N) is 1. The van der Waals surface area contributed by atoms with E-state index in [0.29, 0.717) is 12.0 Å². The van der Waals surface area contributed by atoms with Crippen LogP contribution in [0.25, 0.3) is 0 Å². The second kappa shape index (κ2) is 5.82.